The summed E-state index contributed by atoms with van der Waals surface area (Å²) in [5.74, 6) is 0. The van der Waals surface area contributed by atoms with Crippen LogP contribution in [0.4, 0.5) is 0 Å². The van der Waals surface area contributed by atoms with Crippen LogP contribution in [0.3, 0.4) is 0 Å². The van der Waals surface area contributed by atoms with E-state index in [4.69, 9.17) is 4.74 Å². The molecule has 0 aliphatic carbocycles. The van der Waals surface area contributed by atoms with Gasteiger partial charge in [0.15, 0.2) is 0 Å². The van der Waals surface area contributed by atoms with Crippen LogP contribution < -0.4 is 5.32 Å². The highest BCUT2D eigenvalue weighted by atomic mass is 16.5. The van der Waals surface area contributed by atoms with Crippen molar-refractivity contribution in [2.75, 3.05) is 13.2 Å². The van der Waals surface area contributed by atoms with Crippen molar-refractivity contribution in [1.29, 1.82) is 0 Å². The molecule has 98 valence electrons. The Balaban J connectivity index is 2.85. The largest absolute Gasteiger partial charge is 0.376 e. The van der Waals surface area contributed by atoms with Crippen molar-refractivity contribution in [2.24, 2.45) is 7.05 Å². The lowest BCUT2D eigenvalue weighted by Crippen LogP contribution is -2.35. The molecular formula is C13H25N3O. The van der Waals surface area contributed by atoms with Gasteiger partial charge in [0.2, 0.25) is 0 Å². The van der Waals surface area contributed by atoms with Gasteiger partial charge in [-0.15, -0.1) is 0 Å². The third-order valence-corrected chi connectivity index (χ3v) is 2.93. The monoisotopic (exact) mass is 239 g/mol. The summed E-state index contributed by atoms with van der Waals surface area (Å²) < 4.78 is 7.80. The minimum Gasteiger partial charge on any atom is -0.376 e. The Kier molecular flexibility index (Phi) is 6.22. The van der Waals surface area contributed by atoms with Gasteiger partial charge >= 0.3 is 0 Å². The van der Waals surface area contributed by atoms with Crippen molar-refractivity contribution in [1.82, 2.24) is 15.1 Å². The first-order chi connectivity index (χ1) is 8.24. The SMILES string of the molecule is CCCC(OCC)C(NCC)c1ccnn1C. The number of aromatic nitrogens is 2. The Bertz CT molecular complexity index is 305. The van der Waals surface area contributed by atoms with Crippen LogP contribution >= 0.6 is 0 Å². The smallest absolute Gasteiger partial charge is 0.0784 e. The summed E-state index contributed by atoms with van der Waals surface area (Å²) >= 11 is 0. The maximum atomic E-state index is 5.87. The van der Waals surface area contributed by atoms with Crippen LogP contribution in [0.1, 0.15) is 45.3 Å². The summed E-state index contributed by atoms with van der Waals surface area (Å²) in [6.45, 7) is 8.05. The van der Waals surface area contributed by atoms with Crippen LogP contribution in [-0.2, 0) is 11.8 Å². The van der Waals surface area contributed by atoms with Gasteiger partial charge in [-0.2, -0.15) is 5.10 Å². The van der Waals surface area contributed by atoms with Gasteiger partial charge in [-0.1, -0.05) is 20.3 Å². The summed E-state index contributed by atoms with van der Waals surface area (Å²) in [4.78, 5) is 0. The van der Waals surface area contributed by atoms with E-state index in [0.29, 0.717) is 0 Å². The molecular weight excluding hydrogens is 214 g/mol. The zero-order valence-electron chi connectivity index (χ0n) is 11.4. The van der Waals surface area contributed by atoms with E-state index in [0.717, 1.165) is 26.0 Å². The van der Waals surface area contributed by atoms with E-state index in [1.807, 2.05) is 17.9 Å². The van der Waals surface area contributed by atoms with Gasteiger partial charge in [0, 0.05) is 19.9 Å². The zero-order valence-corrected chi connectivity index (χ0v) is 11.4. The molecule has 1 aromatic rings. The number of hydrogen-bond acceptors (Lipinski definition) is 3. The van der Waals surface area contributed by atoms with Crippen molar-refractivity contribution >= 4 is 0 Å². The molecule has 0 bridgehead atoms. The predicted molar refractivity (Wildman–Crippen MR) is 69.9 cm³/mol. The van der Waals surface area contributed by atoms with Crippen molar-refractivity contribution in [3.05, 3.63) is 18.0 Å². The van der Waals surface area contributed by atoms with Gasteiger partial charge in [-0.3, -0.25) is 4.68 Å². The van der Waals surface area contributed by atoms with Crippen molar-refractivity contribution in [3.63, 3.8) is 0 Å². The fraction of sp³-hybridized carbons (Fsp3) is 0.769. The molecule has 0 radical (unpaired) electrons. The lowest BCUT2D eigenvalue weighted by Gasteiger charge is -2.27. The number of nitrogens with one attached hydrogen (secondary N) is 1. The molecule has 4 nitrogen and oxygen atoms in total. The highest BCUT2D eigenvalue weighted by Crippen LogP contribution is 2.22. The first-order valence-corrected chi connectivity index (χ1v) is 6.57. The standard InChI is InChI=1S/C13H25N3O/c1-5-8-12(17-7-3)13(14-6-2)11-9-10-15-16(11)4/h9-10,12-14H,5-8H2,1-4H3. The fourth-order valence-corrected chi connectivity index (χ4v) is 2.18. The van der Waals surface area contributed by atoms with Crippen LogP contribution in [0.5, 0.6) is 0 Å². The van der Waals surface area contributed by atoms with Crippen LogP contribution in [0.25, 0.3) is 0 Å². The predicted octanol–water partition coefficient (Wildman–Crippen LogP) is 2.28. The Labute approximate surface area is 104 Å². The topological polar surface area (TPSA) is 39.1 Å². The molecule has 1 aromatic heterocycles. The summed E-state index contributed by atoms with van der Waals surface area (Å²) in [7, 11) is 1.98. The highest BCUT2D eigenvalue weighted by Gasteiger charge is 2.24. The summed E-state index contributed by atoms with van der Waals surface area (Å²) in [6.07, 6.45) is 4.26. The Morgan fingerprint density at radius 2 is 2.18 bits per heavy atom. The molecule has 2 unspecified atom stereocenters. The zero-order chi connectivity index (χ0) is 12.7. The van der Waals surface area contributed by atoms with Gasteiger partial charge in [-0.05, 0) is 26.0 Å². The normalized spacial score (nSPS) is 14.8. The summed E-state index contributed by atoms with van der Waals surface area (Å²) in [5, 5.41) is 7.75. The third kappa shape index (κ3) is 3.82. The first-order valence-electron chi connectivity index (χ1n) is 6.57. The molecule has 0 amide bonds. The number of nitrogens with zero attached hydrogens (tertiary/aromatic N) is 2. The van der Waals surface area contributed by atoms with Crippen LogP contribution in [0, 0.1) is 0 Å². The highest BCUT2D eigenvalue weighted by molar-refractivity contribution is 5.09. The van der Waals surface area contributed by atoms with Crippen molar-refractivity contribution < 1.29 is 4.74 Å². The minimum atomic E-state index is 0.223. The van der Waals surface area contributed by atoms with E-state index in [-0.39, 0.29) is 12.1 Å². The Hall–Kier alpha value is -0.870. The molecule has 2 atom stereocenters. The van der Waals surface area contributed by atoms with E-state index in [9.17, 15) is 0 Å². The molecule has 0 saturated carbocycles. The van der Waals surface area contributed by atoms with E-state index in [1.54, 1.807) is 0 Å². The van der Waals surface area contributed by atoms with Gasteiger partial charge in [0.1, 0.15) is 0 Å². The van der Waals surface area contributed by atoms with E-state index in [2.05, 4.69) is 37.3 Å². The molecule has 0 spiro atoms. The second-order valence-electron chi connectivity index (χ2n) is 4.20. The molecule has 0 fully saturated rings. The number of likely N-dealkylation sites (N-methyl/N-ethyl adjacent to an activating group) is 1. The van der Waals surface area contributed by atoms with E-state index in [1.165, 1.54) is 5.69 Å². The molecule has 1 rings (SSSR count). The number of hydrogen-bond donors (Lipinski definition) is 1. The number of aryl methyl sites for hydroxylation is 1. The minimum absolute atomic E-state index is 0.223. The molecule has 1 heterocycles. The van der Waals surface area contributed by atoms with Gasteiger partial charge in [0.25, 0.3) is 0 Å². The second kappa shape index (κ2) is 7.45. The summed E-state index contributed by atoms with van der Waals surface area (Å²) in [6, 6.07) is 2.29. The van der Waals surface area contributed by atoms with Crippen molar-refractivity contribution in [2.45, 2.75) is 45.8 Å². The number of ether oxygens (including phenoxy) is 1. The van der Waals surface area contributed by atoms with Crippen LogP contribution in [0.2, 0.25) is 0 Å². The molecule has 4 heteroatoms. The third-order valence-electron chi connectivity index (χ3n) is 2.93. The summed E-state index contributed by atoms with van der Waals surface area (Å²) in [5.41, 5.74) is 1.19. The Morgan fingerprint density at radius 1 is 1.41 bits per heavy atom. The van der Waals surface area contributed by atoms with Crippen LogP contribution in [-0.4, -0.2) is 29.0 Å². The molecule has 0 aromatic carbocycles. The quantitative estimate of drug-likeness (QED) is 0.756. The maximum absolute atomic E-state index is 5.87. The maximum Gasteiger partial charge on any atom is 0.0784 e. The van der Waals surface area contributed by atoms with E-state index >= 15 is 0 Å². The van der Waals surface area contributed by atoms with Gasteiger partial charge < -0.3 is 10.1 Å². The molecule has 0 aliphatic heterocycles. The van der Waals surface area contributed by atoms with Gasteiger partial charge in [0.05, 0.1) is 17.8 Å². The molecule has 1 N–H and O–H groups in total. The molecule has 0 aliphatic rings. The van der Waals surface area contributed by atoms with Crippen molar-refractivity contribution in [3.8, 4) is 0 Å². The molecule has 0 saturated heterocycles. The second-order valence-corrected chi connectivity index (χ2v) is 4.20. The van der Waals surface area contributed by atoms with Crippen LogP contribution in [0.15, 0.2) is 12.3 Å². The number of rotatable bonds is 8. The first kappa shape index (κ1) is 14.2. The van der Waals surface area contributed by atoms with Gasteiger partial charge in [-0.25, -0.2) is 0 Å². The fourth-order valence-electron chi connectivity index (χ4n) is 2.18. The average molecular weight is 239 g/mol. The Morgan fingerprint density at radius 3 is 2.65 bits per heavy atom. The lowest BCUT2D eigenvalue weighted by atomic mass is 10.0. The lowest BCUT2D eigenvalue weighted by molar-refractivity contribution is 0.0260. The van der Waals surface area contributed by atoms with E-state index < -0.39 is 0 Å². The average Bonchev–Trinajstić information content (AvgIpc) is 2.72. The molecule has 17 heavy (non-hydrogen) atoms.